The Morgan fingerprint density at radius 2 is 1.91 bits per heavy atom. The Balaban J connectivity index is 1.29. The molecule has 0 radical (unpaired) electrons. The summed E-state index contributed by atoms with van der Waals surface area (Å²) in [4.78, 5) is 15.3. The van der Waals surface area contributed by atoms with Gasteiger partial charge in [0.15, 0.2) is 0 Å². The third-order valence-electron chi connectivity index (χ3n) is 6.35. The van der Waals surface area contributed by atoms with Crippen LogP contribution in [0.1, 0.15) is 40.0 Å². The molecule has 0 saturated carbocycles. The van der Waals surface area contributed by atoms with E-state index in [1.807, 2.05) is 54.6 Å². The summed E-state index contributed by atoms with van der Waals surface area (Å²) in [5.74, 6) is 0.554. The van der Waals surface area contributed by atoms with Gasteiger partial charge in [0, 0.05) is 32.3 Å². The van der Waals surface area contributed by atoms with Crippen LogP contribution in [-0.2, 0) is 17.8 Å². The lowest BCUT2D eigenvalue weighted by Gasteiger charge is -2.31. The van der Waals surface area contributed by atoms with Gasteiger partial charge in [-0.3, -0.25) is 9.69 Å². The standard InChI is InChI=1S/C27H33ClN4O3/c1-20-25(26(28)32(30-20)19-21-7-4-3-5-8-21)27(33)29-18-22-9-6-10-24(17-22)35-16-13-31(2)23-11-14-34-15-12-23/h3-10,17,23H,11-16,18-19H2,1-2H3,(H,29,33). The van der Waals surface area contributed by atoms with Crippen molar-refractivity contribution in [2.45, 2.75) is 38.9 Å². The van der Waals surface area contributed by atoms with Gasteiger partial charge in [0.25, 0.3) is 5.91 Å². The third kappa shape index (κ3) is 6.84. The first kappa shape index (κ1) is 25.2. The van der Waals surface area contributed by atoms with Crippen LogP contribution in [0.4, 0.5) is 0 Å². The molecular weight excluding hydrogens is 464 g/mol. The molecule has 0 aliphatic carbocycles. The molecule has 7 nitrogen and oxygen atoms in total. The van der Waals surface area contributed by atoms with E-state index in [4.69, 9.17) is 21.1 Å². The second-order valence-corrected chi connectivity index (χ2v) is 9.26. The number of halogens is 1. The maximum atomic E-state index is 12.9. The zero-order valence-corrected chi connectivity index (χ0v) is 21.1. The van der Waals surface area contributed by atoms with Crippen LogP contribution in [0.2, 0.25) is 5.15 Å². The topological polar surface area (TPSA) is 68.6 Å². The molecule has 1 N–H and O–H groups in total. The number of ether oxygens (including phenoxy) is 2. The summed E-state index contributed by atoms with van der Waals surface area (Å²) < 4.78 is 13.1. The minimum Gasteiger partial charge on any atom is -0.492 e. The highest BCUT2D eigenvalue weighted by Gasteiger charge is 2.20. The molecule has 2 aromatic carbocycles. The second kappa shape index (κ2) is 12.2. The van der Waals surface area contributed by atoms with Crippen molar-refractivity contribution in [3.63, 3.8) is 0 Å². The Labute approximate surface area is 212 Å². The van der Waals surface area contributed by atoms with Gasteiger partial charge in [-0.25, -0.2) is 4.68 Å². The first-order chi connectivity index (χ1) is 17.0. The molecule has 35 heavy (non-hydrogen) atoms. The molecule has 8 heteroatoms. The van der Waals surface area contributed by atoms with Crippen LogP contribution in [0.25, 0.3) is 0 Å². The first-order valence-electron chi connectivity index (χ1n) is 12.1. The number of hydrogen-bond donors (Lipinski definition) is 1. The van der Waals surface area contributed by atoms with Crippen molar-refractivity contribution in [1.29, 1.82) is 0 Å². The van der Waals surface area contributed by atoms with Crippen molar-refractivity contribution in [3.05, 3.63) is 82.1 Å². The van der Waals surface area contributed by atoms with E-state index in [9.17, 15) is 4.79 Å². The number of aryl methyl sites for hydroxylation is 1. The molecule has 1 aliphatic heterocycles. The molecular formula is C27H33ClN4O3. The number of rotatable bonds is 10. The molecule has 1 fully saturated rings. The van der Waals surface area contributed by atoms with E-state index in [0.717, 1.165) is 49.5 Å². The van der Waals surface area contributed by atoms with Crippen molar-refractivity contribution >= 4 is 17.5 Å². The molecule has 1 aliphatic rings. The normalized spacial score (nSPS) is 14.3. The number of carbonyl (C=O) groups excluding carboxylic acids is 1. The van der Waals surface area contributed by atoms with E-state index in [0.29, 0.717) is 42.1 Å². The molecule has 4 rings (SSSR count). The number of aromatic nitrogens is 2. The molecule has 1 saturated heterocycles. The van der Waals surface area contributed by atoms with Crippen LogP contribution < -0.4 is 10.1 Å². The monoisotopic (exact) mass is 496 g/mol. The molecule has 1 amide bonds. The number of benzene rings is 2. The summed E-state index contributed by atoms with van der Waals surface area (Å²) in [5.41, 5.74) is 3.04. The predicted molar refractivity (Wildman–Crippen MR) is 137 cm³/mol. The minimum absolute atomic E-state index is 0.240. The Morgan fingerprint density at radius 3 is 2.69 bits per heavy atom. The van der Waals surface area contributed by atoms with E-state index in [1.54, 1.807) is 11.6 Å². The SMILES string of the molecule is Cc1nn(Cc2ccccc2)c(Cl)c1C(=O)NCc1cccc(OCCN(C)C2CCOCC2)c1. The van der Waals surface area contributed by atoms with E-state index in [-0.39, 0.29) is 5.91 Å². The summed E-state index contributed by atoms with van der Waals surface area (Å²) in [6, 6.07) is 18.3. The van der Waals surface area contributed by atoms with Crippen LogP contribution in [0.5, 0.6) is 5.75 Å². The fourth-order valence-corrected chi connectivity index (χ4v) is 4.62. The Hall–Kier alpha value is -2.87. The lowest BCUT2D eigenvalue weighted by atomic mass is 10.1. The number of amides is 1. The van der Waals surface area contributed by atoms with Gasteiger partial charge >= 0.3 is 0 Å². The molecule has 1 aromatic heterocycles. The second-order valence-electron chi connectivity index (χ2n) is 8.90. The van der Waals surface area contributed by atoms with Gasteiger partial charge in [0.2, 0.25) is 0 Å². The Kier molecular flexibility index (Phi) is 8.79. The molecule has 3 aromatic rings. The highest BCUT2D eigenvalue weighted by molar-refractivity contribution is 6.33. The lowest BCUT2D eigenvalue weighted by molar-refractivity contribution is 0.0392. The number of nitrogens with one attached hydrogen (secondary N) is 1. The van der Waals surface area contributed by atoms with Crippen molar-refractivity contribution < 1.29 is 14.3 Å². The van der Waals surface area contributed by atoms with Crippen molar-refractivity contribution in [3.8, 4) is 5.75 Å². The van der Waals surface area contributed by atoms with Crippen molar-refractivity contribution in [1.82, 2.24) is 20.0 Å². The van der Waals surface area contributed by atoms with Gasteiger partial charge in [-0.1, -0.05) is 54.1 Å². The largest absolute Gasteiger partial charge is 0.492 e. The van der Waals surface area contributed by atoms with Gasteiger partial charge in [0.1, 0.15) is 17.5 Å². The van der Waals surface area contributed by atoms with E-state index < -0.39 is 0 Å². The van der Waals surface area contributed by atoms with Crippen molar-refractivity contribution in [2.75, 3.05) is 33.4 Å². The molecule has 0 unspecified atom stereocenters. The highest BCUT2D eigenvalue weighted by Crippen LogP contribution is 2.21. The molecule has 0 bridgehead atoms. The van der Waals surface area contributed by atoms with Gasteiger partial charge in [-0.2, -0.15) is 5.10 Å². The number of carbonyl (C=O) groups is 1. The maximum absolute atomic E-state index is 12.9. The predicted octanol–water partition coefficient (Wildman–Crippen LogP) is 4.31. The van der Waals surface area contributed by atoms with Crippen LogP contribution in [0.3, 0.4) is 0 Å². The summed E-state index contributed by atoms with van der Waals surface area (Å²) in [6.07, 6.45) is 2.14. The summed E-state index contributed by atoms with van der Waals surface area (Å²) >= 11 is 6.53. The summed E-state index contributed by atoms with van der Waals surface area (Å²) in [6.45, 7) is 5.82. The lowest BCUT2D eigenvalue weighted by Crippen LogP contribution is -2.38. The molecule has 186 valence electrons. The van der Waals surface area contributed by atoms with E-state index >= 15 is 0 Å². The smallest absolute Gasteiger partial charge is 0.256 e. The summed E-state index contributed by atoms with van der Waals surface area (Å²) in [7, 11) is 2.14. The number of hydrogen-bond acceptors (Lipinski definition) is 5. The number of nitrogens with zero attached hydrogens (tertiary/aromatic N) is 3. The van der Waals surface area contributed by atoms with Gasteiger partial charge in [-0.05, 0) is 50.1 Å². The first-order valence-corrected chi connectivity index (χ1v) is 12.4. The fraction of sp³-hybridized carbons (Fsp3) is 0.407. The Bertz CT molecular complexity index is 1110. The minimum atomic E-state index is -0.240. The quantitative estimate of drug-likeness (QED) is 0.453. The van der Waals surface area contributed by atoms with Crippen LogP contribution in [0, 0.1) is 6.92 Å². The van der Waals surface area contributed by atoms with Crippen LogP contribution in [0.15, 0.2) is 54.6 Å². The van der Waals surface area contributed by atoms with E-state index in [1.165, 1.54) is 0 Å². The molecule has 0 atom stereocenters. The van der Waals surface area contributed by atoms with Crippen molar-refractivity contribution in [2.24, 2.45) is 0 Å². The zero-order valence-electron chi connectivity index (χ0n) is 20.4. The highest BCUT2D eigenvalue weighted by atomic mass is 35.5. The zero-order chi connectivity index (χ0) is 24.6. The molecule has 0 spiro atoms. The van der Waals surface area contributed by atoms with E-state index in [2.05, 4.69) is 22.4 Å². The Morgan fingerprint density at radius 1 is 1.17 bits per heavy atom. The number of likely N-dealkylation sites (N-methyl/N-ethyl adjacent to an activating group) is 1. The average molecular weight is 497 g/mol. The fourth-order valence-electron chi connectivity index (χ4n) is 4.30. The van der Waals surface area contributed by atoms with Crippen LogP contribution >= 0.6 is 11.6 Å². The summed E-state index contributed by atoms with van der Waals surface area (Å²) in [5, 5.41) is 7.78. The molecule has 2 heterocycles. The van der Waals surface area contributed by atoms with Gasteiger partial charge in [0.05, 0.1) is 17.8 Å². The van der Waals surface area contributed by atoms with Gasteiger partial charge < -0.3 is 14.8 Å². The third-order valence-corrected chi connectivity index (χ3v) is 6.73. The van der Waals surface area contributed by atoms with Gasteiger partial charge in [-0.15, -0.1) is 0 Å². The van der Waals surface area contributed by atoms with Crippen LogP contribution in [-0.4, -0.2) is 60.0 Å². The maximum Gasteiger partial charge on any atom is 0.256 e. The average Bonchev–Trinajstić information content (AvgIpc) is 3.16.